The smallest absolute Gasteiger partial charge is 0.217 e. The normalized spacial score (nSPS) is 14.7. The van der Waals surface area contributed by atoms with Crippen molar-refractivity contribution in [2.24, 2.45) is 0 Å². The summed E-state index contributed by atoms with van der Waals surface area (Å²) in [5, 5.41) is 2.81. The van der Waals surface area contributed by atoms with Crippen LogP contribution in [0.1, 0.15) is 24.0 Å². The van der Waals surface area contributed by atoms with E-state index >= 15 is 0 Å². The number of imidazole rings is 1. The molecule has 0 spiro atoms. The van der Waals surface area contributed by atoms with Crippen LogP contribution in [0, 0.1) is 0 Å². The fourth-order valence-electron chi connectivity index (χ4n) is 2.72. The zero-order chi connectivity index (χ0) is 14.7. The highest BCUT2D eigenvalue weighted by Crippen LogP contribution is 2.17. The molecule has 1 aliphatic rings. The predicted octanol–water partition coefficient (Wildman–Crippen LogP) is 1.53. The van der Waals surface area contributed by atoms with Gasteiger partial charge in [0.1, 0.15) is 5.82 Å². The third kappa shape index (κ3) is 3.31. The molecule has 2 aromatic rings. The summed E-state index contributed by atoms with van der Waals surface area (Å²) in [4.78, 5) is 17.9. The monoisotopic (exact) mass is 284 g/mol. The van der Waals surface area contributed by atoms with Gasteiger partial charge in [-0.05, 0) is 5.56 Å². The average Bonchev–Trinajstić information content (AvgIpc) is 2.88. The second kappa shape index (κ2) is 6.10. The number of hydrogen-bond donors (Lipinski definition) is 1. The molecule has 5 heteroatoms. The lowest BCUT2D eigenvalue weighted by Gasteiger charge is -2.28. The lowest BCUT2D eigenvalue weighted by Crippen LogP contribution is -2.34. The molecule has 0 unspecified atom stereocenters. The van der Waals surface area contributed by atoms with Gasteiger partial charge in [0.15, 0.2) is 0 Å². The number of nitrogens with one attached hydrogen (secondary N) is 1. The number of amides is 1. The number of hydrogen-bond acceptors (Lipinski definition) is 3. The van der Waals surface area contributed by atoms with Crippen molar-refractivity contribution >= 4 is 5.91 Å². The summed E-state index contributed by atoms with van der Waals surface area (Å²) in [6, 6.07) is 10.5. The van der Waals surface area contributed by atoms with Crippen molar-refractivity contribution in [3.63, 3.8) is 0 Å². The second-order valence-electron chi connectivity index (χ2n) is 5.42. The van der Waals surface area contributed by atoms with Gasteiger partial charge in [-0.25, -0.2) is 4.98 Å². The Kier molecular flexibility index (Phi) is 4.01. The number of carbonyl (C=O) groups excluding carboxylic acids is 1. The molecule has 21 heavy (non-hydrogen) atoms. The van der Waals surface area contributed by atoms with Crippen LogP contribution in [0.2, 0.25) is 0 Å². The number of aromatic nitrogens is 2. The maximum atomic E-state index is 11.0. The van der Waals surface area contributed by atoms with Crippen LogP contribution in [0.4, 0.5) is 0 Å². The number of rotatable bonds is 4. The van der Waals surface area contributed by atoms with Gasteiger partial charge < -0.3 is 9.88 Å². The van der Waals surface area contributed by atoms with Crippen LogP contribution < -0.4 is 5.32 Å². The molecule has 1 aromatic heterocycles. The van der Waals surface area contributed by atoms with E-state index in [-0.39, 0.29) is 5.91 Å². The minimum Gasteiger partial charge on any atom is -0.349 e. The molecule has 110 valence electrons. The van der Waals surface area contributed by atoms with Crippen LogP contribution in [-0.2, 0) is 31.0 Å². The quantitative estimate of drug-likeness (QED) is 0.926. The van der Waals surface area contributed by atoms with Gasteiger partial charge in [-0.15, -0.1) is 0 Å². The highest BCUT2D eigenvalue weighted by molar-refractivity contribution is 5.72. The number of fused-ring (bicyclic) bond motifs is 1. The van der Waals surface area contributed by atoms with E-state index in [1.807, 2.05) is 12.3 Å². The minimum atomic E-state index is -0.0196. The summed E-state index contributed by atoms with van der Waals surface area (Å²) in [6.45, 7) is 5.84. The first-order valence-corrected chi connectivity index (χ1v) is 7.26. The van der Waals surface area contributed by atoms with Crippen molar-refractivity contribution in [1.29, 1.82) is 0 Å². The molecule has 2 heterocycles. The molecule has 1 amide bonds. The number of benzene rings is 1. The van der Waals surface area contributed by atoms with Crippen LogP contribution in [0.15, 0.2) is 36.5 Å². The van der Waals surface area contributed by atoms with Gasteiger partial charge in [-0.3, -0.25) is 9.69 Å². The molecular formula is C16H20N4O. The summed E-state index contributed by atoms with van der Waals surface area (Å²) < 4.78 is 2.22. The number of nitrogens with zero attached hydrogens (tertiary/aromatic N) is 3. The highest BCUT2D eigenvalue weighted by Gasteiger charge is 2.19. The third-order valence-corrected chi connectivity index (χ3v) is 3.79. The second-order valence-corrected chi connectivity index (χ2v) is 5.42. The first-order valence-electron chi connectivity index (χ1n) is 7.26. The first-order chi connectivity index (χ1) is 10.2. The SMILES string of the molecule is CC(=O)NCc1ncc2n1CCN(Cc1ccccc1)C2. The largest absolute Gasteiger partial charge is 0.349 e. The lowest BCUT2D eigenvalue weighted by molar-refractivity contribution is -0.119. The maximum Gasteiger partial charge on any atom is 0.217 e. The molecule has 0 saturated carbocycles. The molecular weight excluding hydrogens is 264 g/mol. The van der Waals surface area contributed by atoms with Gasteiger partial charge >= 0.3 is 0 Å². The molecule has 0 saturated heterocycles. The van der Waals surface area contributed by atoms with E-state index in [1.165, 1.54) is 18.2 Å². The number of carbonyl (C=O) groups is 1. The molecule has 0 aliphatic carbocycles. The third-order valence-electron chi connectivity index (χ3n) is 3.79. The van der Waals surface area contributed by atoms with Crippen molar-refractivity contribution in [3.8, 4) is 0 Å². The van der Waals surface area contributed by atoms with E-state index in [1.54, 1.807) is 0 Å². The van der Waals surface area contributed by atoms with Crippen LogP contribution in [0.5, 0.6) is 0 Å². The summed E-state index contributed by atoms with van der Waals surface area (Å²) in [5.41, 5.74) is 2.56. The lowest BCUT2D eigenvalue weighted by atomic mass is 10.2. The summed E-state index contributed by atoms with van der Waals surface area (Å²) in [6.07, 6.45) is 1.92. The Balaban J connectivity index is 1.65. The first kappa shape index (κ1) is 13.8. The van der Waals surface area contributed by atoms with Gasteiger partial charge in [0.05, 0.1) is 12.2 Å². The zero-order valence-corrected chi connectivity index (χ0v) is 12.2. The van der Waals surface area contributed by atoms with E-state index in [0.29, 0.717) is 6.54 Å². The summed E-state index contributed by atoms with van der Waals surface area (Å²) >= 11 is 0. The summed E-state index contributed by atoms with van der Waals surface area (Å²) in [5.74, 6) is 0.924. The van der Waals surface area contributed by atoms with Crippen molar-refractivity contribution in [2.75, 3.05) is 6.54 Å². The van der Waals surface area contributed by atoms with E-state index in [4.69, 9.17) is 0 Å². The van der Waals surface area contributed by atoms with Gasteiger partial charge in [0.2, 0.25) is 5.91 Å². The fraction of sp³-hybridized carbons (Fsp3) is 0.375. The molecule has 1 N–H and O–H groups in total. The summed E-state index contributed by atoms with van der Waals surface area (Å²) in [7, 11) is 0. The topological polar surface area (TPSA) is 50.2 Å². The Bertz CT molecular complexity index is 620. The molecule has 3 rings (SSSR count). The fourth-order valence-corrected chi connectivity index (χ4v) is 2.72. The Labute approximate surface area is 124 Å². The zero-order valence-electron chi connectivity index (χ0n) is 12.2. The standard InChI is InChI=1S/C16H20N4O/c1-13(21)17-10-16-18-9-15-12-19(7-8-20(15)16)11-14-5-3-2-4-6-14/h2-6,9H,7-8,10-12H2,1H3,(H,17,21). The molecule has 5 nitrogen and oxygen atoms in total. The molecule has 1 aromatic carbocycles. The van der Waals surface area contributed by atoms with E-state index < -0.39 is 0 Å². The Hall–Kier alpha value is -2.14. The van der Waals surface area contributed by atoms with Crippen LogP contribution in [0.25, 0.3) is 0 Å². The maximum absolute atomic E-state index is 11.0. The average molecular weight is 284 g/mol. The molecule has 0 radical (unpaired) electrons. The van der Waals surface area contributed by atoms with E-state index in [0.717, 1.165) is 32.0 Å². The molecule has 1 aliphatic heterocycles. The molecule has 0 fully saturated rings. The Morgan fingerprint density at radius 2 is 2.10 bits per heavy atom. The van der Waals surface area contributed by atoms with Gasteiger partial charge in [-0.2, -0.15) is 0 Å². The van der Waals surface area contributed by atoms with Crippen LogP contribution in [-0.4, -0.2) is 26.9 Å². The van der Waals surface area contributed by atoms with Gasteiger partial charge in [0, 0.05) is 39.3 Å². The predicted molar refractivity (Wildman–Crippen MR) is 80.3 cm³/mol. The van der Waals surface area contributed by atoms with Crippen molar-refractivity contribution < 1.29 is 4.79 Å². The van der Waals surface area contributed by atoms with Crippen molar-refractivity contribution in [3.05, 3.63) is 53.6 Å². The molecule has 0 bridgehead atoms. The minimum absolute atomic E-state index is 0.0196. The Morgan fingerprint density at radius 3 is 2.86 bits per heavy atom. The highest BCUT2D eigenvalue weighted by atomic mass is 16.1. The van der Waals surface area contributed by atoms with Crippen molar-refractivity contribution in [1.82, 2.24) is 19.8 Å². The van der Waals surface area contributed by atoms with E-state index in [2.05, 4.69) is 44.0 Å². The van der Waals surface area contributed by atoms with Gasteiger partial charge in [0.25, 0.3) is 0 Å². The molecule has 0 atom stereocenters. The van der Waals surface area contributed by atoms with Crippen LogP contribution in [0.3, 0.4) is 0 Å². The van der Waals surface area contributed by atoms with E-state index in [9.17, 15) is 4.79 Å². The van der Waals surface area contributed by atoms with Gasteiger partial charge in [-0.1, -0.05) is 30.3 Å². The van der Waals surface area contributed by atoms with Crippen molar-refractivity contribution in [2.45, 2.75) is 33.1 Å². The Morgan fingerprint density at radius 1 is 1.29 bits per heavy atom. The van der Waals surface area contributed by atoms with Crippen LogP contribution >= 0.6 is 0 Å².